The number of hydrogen-bond acceptors (Lipinski definition) is 7. The molecule has 0 aliphatic carbocycles. The van der Waals surface area contributed by atoms with E-state index in [1.807, 2.05) is 0 Å². The first-order valence-corrected chi connectivity index (χ1v) is 10.2. The number of benzene rings is 2. The van der Waals surface area contributed by atoms with Crippen molar-refractivity contribution in [1.29, 1.82) is 0 Å². The Morgan fingerprint density at radius 3 is 2.30 bits per heavy atom. The molecule has 4 rings (SSSR count). The van der Waals surface area contributed by atoms with Crippen LogP contribution < -0.4 is 24.3 Å². The summed E-state index contributed by atoms with van der Waals surface area (Å²) in [5, 5.41) is 9.31. The summed E-state index contributed by atoms with van der Waals surface area (Å²) in [6.45, 7) is 0. The molecular weight excluding hydrogens is 449 g/mol. The molecule has 0 N–H and O–H groups in total. The van der Waals surface area contributed by atoms with Crippen molar-refractivity contribution in [2.45, 2.75) is 0 Å². The van der Waals surface area contributed by atoms with Crippen LogP contribution in [0, 0.1) is 0 Å². The fourth-order valence-corrected chi connectivity index (χ4v) is 4.39. The predicted molar refractivity (Wildman–Crippen MR) is 117 cm³/mol. The molecule has 154 valence electrons. The van der Waals surface area contributed by atoms with Gasteiger partial charge in [-0.15, -0.1) is 10.2 Å². The van der Waals surface area contributed by atoms with E-state index in [0.29, 0.717) is 53.7 Å². The smallest absolute Gasteiger partial charge is 0.276 e. The van der Waals surface area contributed by atoms with Crippen LogP contribution in [-0.4, -0.2) is 35.9 Å². The molecule has 4 aromatic rings. The monoisotopic (exact) mass is 463 g/mol. The molecule has 0 unspecified atom stereocenters. The molecule has 0 atom stereocenters. The van der Waals surface area contributed by atoms with E-state index >= 15 is 0 Å². The van der Waals surface area contributed by atoms with E-state index in [-0.39, 0.29) is 5.56 Å². The summed E-state index contributed by atoms with van der Waals surface area (Å²) in [4.78, 5) is 13.6. The number of halogens is 2. The number of hydrogen-bond donors (Lipinski definition) is 0. The number of nitrogens with zero attached hydrogens (tertiary/aromatic N) is 3. The van der Waals surface area contributed by atoms with E-state index in [9.17, 15) is 4.79 Å². The Labute approximate surface area is 185 Å². The highest BCUT2D eigenvalue weighted by molar-refractivity contribution is 7.15. The van der Waals surface area contributed by atoms with Crippen molar-refractivity contribution in [3.63, 3.8) is 0 Å². The Kier molecular flexibility index (Phi) is 5.55. The van der Waals surface area contributed by atoms with Gasteiger partial charge in [0.05, 0.1) is 25.9 Å². The highest BCUT2D eigenvalue weighted by Crippen LogP contribution is 2.40. The summed E-state index contributed by atoms with van der Waals surface area (Å²) in [6, 6.07) is 8.53. The first kappa shape index (κ1) is 20.5. The number of methoxy groups -OCH3 is 3. The van der Waals surface area contributed by atoms with E-state index in [1.165, 1.54) is 37.1 Å². The number of thiazole rings is 1. The van der Waals surface area contributed by atoms with Crippen molar-refractivity contribution >= 4 is 45.6 Å². The quantitative estimate of drug-likeness (QED) is 0.449. The lowest BCUT2D eigenvalue weighted by atomic mass is 10.1. The van der Waals surface area contributed by atoms with Gasteiger partial charge in [-0.2, -0.15) is 0 Å². The fourth-order valence-electron chi connectivity index (χ4n) is 3.02. The van der Waals surface area contributed by atoms with Gasteiger partial charge in [0, 0.05) is 15.6 Å². The van der Waals surface area contributed by atoms with E-state index in [4.69, 9.17) is 37.4 Å². The van der Waals surface area contributed by atoms with Crippen LogP contribution >= 0.6 is 34.5 Å². The second-order valence-corrected chi connectivity index (χ2v) is 7.99. The van der Waals surface area contributed by atoms with Gasteiger partial charge in [0.1, 0.15) is 0 Å². The molecule has 0 aliphatic rings. The Hall–Kier alpha value is -2.81. The SMILES string of the molecule is COc1cc(-c2nnc3s/c(=C\c4ccc(Cl)cc4Cl)c(=O)n23)cc(OC)c1OC. The first-order valence-electron chi connectivity index (χ1n) is 8.62. The minimum absolute atomic E-state index is 0.255. The van der Waals surface area contributed by atoms with E-state index in [2.05, 4.69) is 10.2 Å². The molecule has 2 aromatic carbocycles. The third-order valence-electron chi connectivity index (χ3n) is 4.42. The molecule has 0 bridgehead atoms. The highest BCUT2D eigenvalue weighted by Gasteiger charge is 2.19. The minimum Gasteiger partial charge on any atom is -0.493 e. The van der Waals surface area contributed by atoms with Gasteiger partial charge in [-0.05, 0) is 35.9 Å². The van der Waals surface area contributed by atoms with Crippen LogP contribution in [0.1, 0.15) is 5.56 Å². The van der Waals surface area contributed by atoms with Gasteiger partial charge in [-0.3, -0.25) is 4.79 Å². The predicted octanol–water partition coefficient (Wildman–Crippen LogP) is 3.70. The fraction of sp³-hybridized carbons (Fsp3) is 0.150. The van der Waals surface area contributed by atoms with Crippen molar-refractivity contribution in [2.75, 3.05) is 21.3 Å². The summed E-state index contributed by atoms with van der Waals surface area (Å²) in [5.74, 6) is 1.72. The second-order valence-electron chi connectivity index (χ2n) is 6.14. The second kappa shape index (κ2) is 8.14. The van der Waals surface area contributed by atoms with E-state index < -0.39 is 0 Å². The summed E-state index contributed by atoms with van der Waals surface area (Å²) >= 11 is 13.4. The molecule has 0 aliphatic heterocycles. The lowest BCUT2D eigenvalue weighted by Crippen LogP contribution is -2.23. The summed E-state index contributed by atoms with van der Waals surface area (Å²) < 4.78 is 18.1. The largest absolute Gasteiger partial charge is 0.493 e. The number of rotatable bonds is 5. The molecular formula is C20H15Cl2N3O4S. The molecule has 0 radical (unpaired) electrons. The summed E-state index contributed by atoms with van der Waals surface area (Å²) in [7, 11) is 4.56. The van der Waals surface area contributed by atoms with Crippen LogP contribution in [0.5, 0.6) is 17.2 Å². The average molecular weight is 464 g/mol. The summed E-state index contributed by atoms with van der Waals surface area (Å²) in [6.07, 6.45) is 1.71. The third kappa shape index (κ3) is 3.47. The molecule has 0 saturated carbocycles. The zero-order valence-corrected chi connectivity index (χ0v) is 18.4. The zero-order valence-electron chi connectivity index (χ0n) is 16.1. The Balaban J connectivity index is 1.91. The molecule has 0 fully saturated rings. The maximum absolute atomic E-state index is 13.1. The molecule has 0 amide bonds. The van der Waals surface area contributed by atoms with Crippen LogP contribution in [0.4, 0.5) is 0 Å². The summed E-state index contributed by atoms with van der Waals surface area (Å²) in [5.41, 5.74) is 1.03. The van der Waals surface area contributed by atoms with Crippen LogP contribution in [0.3, 0.4) is 0 Å². The van der Waals surface area contributed by atoms with Crippen molar-refractivity contribution < 1.29 is 14.2 Å². The van der Waals surface area contributed by atoms with Crippen LogP contribution in [0.2, 0.25) is 10.0 Å². The lowest BCUT2D eigenvalue weighted by molar-refractivity contribution is 0.324. The molecule has 2 aromatic heterocycles. The standard InChI is InChI=1S/C20H15Cl2N3O4S/c1-27-14-6-11(7-15(28-2)17(14)29-3)18-23-24-20-25(18)19(26)16(30-20)8-10-4-5-12(21)9-13(10)22/h4-9H,1-3H3/b16-8-. The van der Waals surface area contributed by atoms with Gasteiger partial charge in [-0.25, -0.2) is 4.40 Å². The topological polar surface area (TPSA) is 75.0 Å². The van der Waals surface area contributed by atoms with Crippen molar-refractivity contribution in [3.8, 4) is 28.6 Å². The zero-order chi connectivity index (χ0) is 21.4. The Bertz CT molecular complexity index is 1340. The number of ether oxygens (including phenoxy) is 3. The molecule has 2 heterocycles. The van der Waals surface area contributed by atoms with Crippen LogP contribution in [-0.2, 0) is 0 Å². The van der Waals surface area contributed by atoms with Gasteiger partial charge in [-0.1, -0.05) is 40.6 Å². The third-order valence-corrected chi connectivity index (χ3v) is 5.94. The molecule has 0 saturated heterocycles. The van der Waals surface area contributed by atoms with E-state index in [0.717, 1.165) is 0 Å². The maximum atomic E-state index is 13.1. The Morgan fingerprint density at radius 1 is 1.00 bits per heavy atom. The normalized spacial score (nSPS) is 11.8. The van der Waals surface area contributed by atoms with Crippen molar-refractivity contribution in [3.05, 3.63) is 60.8 Å². The number of aromatic nitrogens is 3. The first-order chi connectivity index (χ1) is 14.5. The molecule has 7 nitrogen and oxygen atoms in total. The van der Waals surface area contributed by atoms with Gasteiger partial charge in [0.25, 0.3) is 5.56 Å². The minimum atomic E-state index is -0.255. The van der Waals surface area contributed by atoms with Gasteiger partial charge >= 0.3 is 0 Å². The van der Waals surface area contributed by atoms with Gasteiger partial charge in [0.2, 0.25) is 10.7 Å². The highest BCUT2D eigenvalue weighted by atomic mass is 35.5. The van der Waals surface area contributed by atoms with Gasteiger partial charge in [0.15, 0.2) is 17.3 Å². The average Bonchev–Trinajstić information content (AvgIpc) is 3.29. The molecule has 10 heteroatoms. The number of fused-ring (bicyclic) bond motifs is 1. The maximum Gasteiger partial charge on any atom is 0.276 e. The van der Waals surface area contributed by atoms with Crippen molar-refractivity contribution in [2.24, 2.45) is 0 Å². The van der Waals surface area contributed by atoms with Crippen LogP contribution in [0.15, 0.2) is 35.1 Å². The lowest BCUT2D eigenvalue weighted by Gasteiger charge is -2.13. The Morgan fingerprint density at radius 2 is 1.70 bits per heavy atom. The molecule has 0 spiro atoms. The van der Waals surface area contributed by atoms with Crippen molar-refractivity contribution in [1.82, 2.24) is 14.6 Å². The van der Waals surface area contributed by atoms with E-state index in [1.54, 1.807) is 36.4 Å². The van der Waals surface area contributed by atoms with Crippen LogP contribution in [0.25, 0.3) is 22.4 Å². The van der Waals surface area contributed by atoms with Gasteiger partial charge < -0.3 is 14.2 Å². The molecule has 30 heavy (non-hydrogen) atoms.